The van der Waals surface area contributed by atoms with E-state index in [1.165, 1.54) is 0 Å². The molecule has 9 heavy (non-hydrogen) atoms. The number of aliphatic hydroxyl groups is 2. The highest BCUT2D eigenvalue weighted by Crippen LogP contribution is 2.07. The van der Waals surface area contributed by atoms with E-state index in [0.29, 0.717) is 19.0 Å². The van der Waals surface area contributed by atoms with E-state index in [2.05, 4.69) is 5.32 Å². The molecule has 1 rings (SSSR count). The Labute approximate surface area is 54.7 Å². The van der Waals surface area contributed by atoms with Crippen LogP contribution in [0.15, 0.2) is 0 Å². The summed E-state index contributed by atoms with van der Waals surface area (Å²) in [6, 6.07) is 0.336. The second-order valence-corrected chi connectivity index (χ2v) is 2.68. The van der Waals surface area contributed by atoms with Crippen molar-refractivity contribution in [3.05, 3.63) is 0 Å². The lowest BCUT2D eigenvalue weighted by molar-refractivity contribution is -0.00990. The number of hydrogen-bond donors (Lipinski definition) is 3. The van der Waals surface area contributed by atoms with Gasteiger partial charge in [0.25, 0.3) is 0 Å². The molecule has 1 saturated heterocycles. The number of β-amino-alcohol motifs (C(OH)–C–C–N with tert-alkyl or cyclic N) is 1. The lowest BCUT2D eigenvalue weighted by Gasteiger charge is -2.28. The van der Waals surface area contributed by atoms with Gasteiger partial charge in [-0.2, -0.15) is 0 Å². The summed E-state index contributed by atoms with van der Waals surface area (Å²) in [6.45, 7) is 2.51. The lowest BCUT2D eigenvalue weighted by atomic mass is 10.0. The van der Waals surface area contributed by atoms with Crippen molar-refractivity contribution in [1.29, 1.82) is 0 Å². The third-order valence-electron chi connectivity index (χ3n) is 1.71. The zero-order chi connectivity index (χ0) is 6.85. The molecule has 1 fully saturated rings. The number of piperidine rings is 1. The van der Waals surface area contributed by atoms with E-state index >= 15 is 0 Å². The zero-order valence-corrected chi connectivity index (χ0v) is 5.54. The molecule has 1 aliphatic rings. The summed E-state index contributed by atoms with van der Waals surface area (Å²) in [6.07, 6.45) is -0.441. The Morgan fingerprint density at radius 2 is 2.00 bits per heavy atom. The van der Waals surface area contributed by atoms with Crippen molar-refractivity contribution < 1.29 is 10.2 Å². The van der Waals surface area contributed by atoms with Crippen molar-refractivity contribution in [2.24, 2.45) is 0 Å². The summed E-state index contributed by atoms with van der Waals surface area (Å²) < 4.78 is 0. The molecule has 54 valence electrons. The quantitative estimate of drug-likeness (QED) is 0.399. The van der Waals surface area contributed by atoms with E-state index in [-0.39, 0.29) is 0 Å². The standard InChI is InChI=1S/C6H13NO2/c1-4-2-5(8)6(9)3-7-4/h4-9H,2-3H2,1H3/t4?,5-,6-/m0/s1. The Kier molecular flexibility index (Phi) is 2.05. The highest BCUT2D eigenvalue weighted by molar-refractivity contribution is 4.81. The minimum absolute atomic E-state index is 0.336. The Balaban J connectivity index is 2.35. The molecule has 0 aliphatic carbocycles. The van der Waals surface area contributed by atoms with Crippen molar-refractivity contribution in [1.82, 2.24) is 5.32 Å². The van der Waals surface area contributed by atoms with Gasteiger partial charge in [0.1, 0.15) is 0 Å². The summed E-state index contributed by atoms with van der Waals surface area (Å²) in [5.41, 5.74) is 0. The fourth-order valence-electron chi connectivity index (χ4n) is 1.06. The Hall–Kier alpha value is -0.120. The highest BCUT2D eigenvalue weighted by atomic mass is 16.3. The van der Waals surface area contributed by atoms with E-state index in [4.69, 9.17) is 10.2 Å². The minimum atomic E-state index is -0.568. The van der Waals surface area contributed by atoms with Crippen molar-refractivity contribution in [2.75, 3.05) is 6.54 Å². The van der Waals surface area contributed by atoms with Gasteiger partial charge in [-0.1, -0.05) is 0 Å². The predicted molar refractivity (Wildman–Crippen MR) is 34.1 cm³/mol. The molecule has 1 aliphatic heterocycles. The van der Waals surface area contributed by atoms with Crippen LogP contribution in [-0.2, 0) is 0 Å². The van der Waals surface area contributed by atoms with E-state index in [0.717, 1.165) is 0 Å². The van der Waals surface area contributed by atoms with Gasteiger partial charge < -0.3 is 15.5 Å². The van der Waals surface area contributed by atoms with Gasteiger partial charge in [-0.3, -0.25) is 0 Å². The molecule has 1 unspecified atom stereocenters. The first-order valence-electron chi connectivity index (χ1n) is 3.29. The second-order valence-electron chi connectivity index (χ2n) is 2.68. The van der Waals surface area contributed by atoms with Crippen LogP contribution in [0.1, 0.15) is 13.3 Å². The van der Waals surface area contributed by atoms with Crippen LogP contribution in [0.4, 0.5) is 0 Å². The highest BCUT2D eigenvalue weighted by Gasteiger charge is 2.23. The topological polar surface area (TPSA) is 52.5 Å². The zero-order valence-electron chi connectivity index (χ0n) is 5.54. The number of rotatable bonds is 0. The molecule has 0 aromatic heterocycles. The summed E-state index contributed by atoms with van der Waals surface area (Å²) in [5, 5.41) is 21.1. The molecule has 0 amide bonds. The molecule has 0 radical (unpaired) electrons. The number of aliphatic hydroxyl groups excluding tert-OH is 2. The second kappa shape index (κ2) is 2.64. The summed E-state index contributed by atoms with van der Waals surface area (Å²) in [5.74, 6) is 0. The first kappa shape index (κ1) is 6.99. The summed E-state index contributed by atoms with van der Waals surface area (Å²) in [7, 11) is 0. The molecule has 0 aromatic carbocycles. The Bertz CT molecular complexity index is 97.1. The van der Waals surface area contributed by atoms with Crippen molar-refractivity contribution >= 4 is 0 Å². The predicted octanol–water partition coefficient (Wildman–Crippen LogP) is -0.910. The monoisotopic (exact) mass is 131 g/mol. The SMILES string of the molecule is CC1C[C@H](O)[C@@H](O)CN1. The molecule has 0 spiro atoms. The van der Waals surface area contributed by atoms with Gasteiger partial charge in [0.05, 0.1) is 12.2 Å². The van der Waals surface area contributed by atoms with Gasteiger partial charge in [-0.05, 0) is 13.3 Å². The third kappa shape index (κ3) is 1.64. The van der Waals surface area contributed by atoms with Crippen molar-refractivity contribution in [3.63, 3.8) is 0 Å². The molecule has 0 aromatic rings. The van der Waals surface area contributed by atoms with E-state index in [1.807, 2.05) is 6.92 Å². The lowest BCUT2D eigenvalue weighted by Crippen LogP contribution is -2.48. The molecule has 0 saturated carbocycles. The average molecular weight is 131 g/mol. The van der Waals surface area contributed by atoms with Crippen LogP contribution in [0.25, 0.3) is 0 Å². The molecular formula is C6H13NO2. The van der Waals surface area contributed by atoms with E-state index < -0.39 is 12.2 Å². The molecule has 0 bridgehead atoms. The number of hydrogen-bond acceptors (Lipinski definition) is 3. The van der Waals surface area contributed by atoms with E-state index in [9.17, 15) is 0 Å². The van der Waals surface area contributed by atoms with Crippen LogP contribution in [-0.4, -0.2) is 35.0 Å². The molecule has 3 nitrogen and oxygen atoms in total. The maximum absolute atomic E-state index is 9.06. The molecule has 3 N–H and O–H groups in total. The van der Waals surface area contributed by atoms with Crippen molar-refractivity contribution in [2.45, 2.75) is 31.6 Å². The van der Waals surface area contributed by atoms with Gasteiger partial charge in [0.2, 0.25) is 0 Å². The van der Waals surface area contributed by atoms with Crippen LogP contribution in [0, 0.1) is 0 Å². The maximum Gasteiger partial charge on any atom is 0.0923 e. The van der Waals surface area contributed by atoms with Crippen LogP contribution in [0.2, 0.25) is 0 Å². The molecule has 3 heteroatoms. The van der Waals surface area contributed by atoms with Crippen molar-refractivity contribution in [3.8, 4) is 0 Å². The fraction of sp³-hybridized carbons (Fsp3) is 1.00. The third-order valence-corrected chi connectivity index (χ3v) is 1.71. The van der Waals surface area contributed by atoms with Gasteiger partial charge in [-0.15, -0.1) is 0 Å². The largest absolute Gasteiger partial charge is 0.390 e. The molecule has 3 atom stereocenters. The minimum Gasteiger partial charge on any atom is -0.390 e. The van der Waals surface area contributed by atoms with Crippen LogP contribution in [0.5, 0.6) is 0 Å². The van der Waals surface area contributed by atoms with Crippen LogP contribution in [0.3, 0.4) is 0 Å². The van der Waals surface area contributed by atoms with Crippen LogP contribution >= 0.6 is 0 Å². The molecular weight excluding hydrogens is 118 g/mol. The van der Waals surface area contributed by atoms with Gasteiger partial charge in [0, 0.05) is 12.6 Å². The first-order valence-corrected chi connectivity index (χ1v) is 3.29. The first-order chi connectivity index (χ1) is 4.20. The maximum atomic E-state index is 9.06. The number of nitrogens with one attached hydrogen (secondary N) is 1. The summed E-state index contributed by atoms with van der Waals surface area (Å²) >= 11 is 0. The normalized spacial score (nSPS) is 45.0. The van der Waals surface area contributed by atoms with Crippen LogP contribution < -0.4 is 5.32 Å². The molecule has 1 heterocycles. The van der Waals surface area contributed by atoms with Gasteiger partial charge in [0.15, 0.2) is 0 Å². The Morgan fingerprint density at radius 3 is 2.44 bits per heavy atom. The van der Waals surface area contributed by atoms with Gasteiger partial charge >= 0.3 is 0 Å². The fourth-order valence-corrected chi connectivity index (χ4v) is 1.06. The van der Waals surface area contributed by atoms with E-state index in [1.54, 1.807) is 0 Å². The Morgan fingerprint density at radius 1 is 1.33 bits per heavy atom. The summed E-state index contributed by atoms with van der Waals surface area (Å²) in [4.78, 5) is 0. The van der Waals surface area contributed by atoms with Gasteiger partial charge in [-0.25, -0.2) is 0 Å². The smallest absolute Gasteiger partial charge is 0.0923 e. The average Bonchev–Trinajstić information content (AvgIpc) is 1.80.